The van der Waals surface area contributed by atoms with Crippen LogP contribution in [-0.4, -0.2) is 71.5 Å². The van der Waals surface area contributed by atoms with Gasteiger partial charge in [0, 0.05) is 42.5 Å². The second-order valence-electron chi connectivity index (χ2n) is 9.14. The molecule has 0 spiro atoms. The fraction of sp³-hybridized carbons (Fsp3) is 0.357. The molecule has 0 radical (unpaired) electrons. The van der Waals surface area contributed by atoms with Gasteiger partial charge < -0.3 is 9.80 Å². The molecule has 5 nitrogen and oxygen atoms in total. The molecule has 3 heterocycles. The SMILES string of the molecule is Cc1ccccc1C1c2ccsc2CCN1CC(=O)N1CCN(C(=O)CSc2ccccc2)CC1. The summed E-state index contributed by atoms with van der Waals surface area (Å²) >= 11 is 3.39. The van der Waals surface area contributed by atoms with Crippen molar-refractivity contribution in [1.82, 2.24) is 14.7 Å². The summed E-state index contributed by atoms with van der Waals surface area (Å²) in [6.07, 6.45) is 0.990. The Labute approximate surface area is 215 Å². The van der Waals surface area contributed by atoms with Gasteiger partial charge >= 0.3 is 0 Å². The minimum Gasteiger partial charge on any atom is -0.338 e. The van der Waals surface area contributed by atoms with Crippen molar-refractivity contribution in [3.8, 4) is 0 Å². The zero-order valence-electron chi connectivity index (χ0n) is 20.1. The van der Waals surface area contributed by atoms with E-state index in [0.29, 0.717) is 38.5 Å². The molecule has 0 saturated carbocycles. The minimum atomic E-state index is 0.119. The summed E-state index contributed by atoms with van der Waals surface area (Å²) in [6, 6.07) is 20.9. The maximum absolute atomic E-state index is 13.3. The smallest absolute Gasteiger partial charge is 0.236 e. The second kappa shape index (κ2) is 11.0. The molecule has 2 aliphatic heterocycles. The van der Waals surface area contributed by atoms with Crippen molar-refractivity contribution >= 4 is 34.9 Å². The number of thioether (sulfide) groups is 1. The lowest BCUT2D eigenvalue weighted by Gasteiger charge is -2.39. The van der Waals surface area contributed by atoms with E-state index in [4.69, 9.17) is 0 Å². The van der Waals surface area contributed by atoms with Crippen LogP contribution in [-0.2, 0) is 16.0 Å². The molecule has 0 bridgehead atoms. The molecule has 35 heavy (non-hydrogen) atoms. The van der Waals surface area contributed by atoms with E-state index in [1.807, 2.05) is 51.5 Å². The lowest BCUT2D eigenvalue weighted by molar-refractivity contribution is -0.139. The quantitative estimate of drug-likeness (QED) is 0.464. The van der Waals surface area contributed by atoms with Gasteiger partial charge in [-0.05, 0) is 53.6 Å². The van der Waals surface area contributed by atoms with Crippen molar-refractivity contribution in [2.75, 3.05) is 45.0 Å². The molecule has 1 saturated heterocycles. The number of thiophene rings is 1. The van der Waals surface area contributed by atoms with Gasteiger partial charge in [-0.15, -0.1) is 23.1 Å². The lowest BCUT2D eigenvalue weighted by Crippen LogP contribution is -2.53. The molecule has 5 rings (SSSR count). The highest BCUT2D eigenvalue weighted by Gasteiger charge is 2.33. The van der Waals surface area contributed by atoms with E-state index in [0.717, 1.165) is 17.9 Å². The number of nitrogens with zero attached hydrogens (tertiary/aromatic N) is 3. The Morgan fingerprint density at radius 3 is 2.29 bits per heavy atom. The summed E-state index contributed by atoms with van der Waals surface area (Å²) in [7, 11) is 0. The Hall–Kier alpha value is -2.61. The molecule has 1 unspecified atom stereocenters. The maximum Gasteiger partial charge on any atom is 0.236 e. The van der Waals surface area contributed by atoms with E-state index in [-0.39, 0.29) is 17.9 Å². The highest BCUT2D eigenvalue weighted by atomic mass is 32.2. The van der Waals surface area contributed by atoms with Gasteiger partial charge in [0.15, 0.2) is 0 Å². The summed E-state index contributed by atoms with van der Waals surface area (Å²) in [5.74, 6) is 0.743. The average molecular weight is 506 g/mol. The number of carbonyl (C=O) groups is 2. The fourth-order valence-corrected chi connectivity index (χ4v) is 6.75. The second-order valence-corrected chi connectivity index (χ2v) is 11.2. The Morgan fingerprint density at radius 2 is 1.54 bits per heavy atom. The molecule has 1 atom stereocenters. The Kier molecular flexibility index (Phi) is 7.56. The van der Waals surface area contributed by atoms with E-state index < -0.39 is 0 Å². The fourth-order valence-electron chi connectivity index (χ4n) is 5.03. The van der Waals surface area contributed by atoms with Gasteiger partial charge in [0.25, 0.3) is 0 Å². The van der Waals surface area contributed by atoms with Crippen LogP contribution in [0.2, 0.25) is 0 Å². The number of benzene rings is 2. The molecule has 2 aromatic carbocycles. The predicted octanol–water partition coefficient (Wildman–Crippen LogP) is 4.47. The predicted molar refractivity (Wildman–Crippen MR) is 143 cm³/mol. The van der Waals surface area contributed by atoms with Crippen LogP contribution in [0.4, 0.5) is 0 Å². The summed E-state index contributed by atoms with van der Waals surface area (Å²) in [6.45, 7) is 5.87. The van der Waals surface area contributed by atoms with Gasteiger partial charge in [0.2, 0.25) is 11.8 Å². The zero-order valence-corrected chi connectivity index (χ0v) is 21.7. The number of hydrogen-bond acceptors (Lipinski definition) is 5. The third-order valence-corrected chi connectivity index (χ3v) is 8.97. The van der Waals surface area contributed by atoms with E-state index >= 15 is 0 Å². The summed E-state index contributed by atoms with van der Waals surface area (Å²) in [4.78, 5) is 34.7. The molecule has 7 heteroatoms. The number of carbonyl (C=O) groups excluding carboxylic acids is 2. The Balaban J connectivity index is 1.19. The number of aryl methyl sites for hydroxylation is 1. The van der Waals surface area contributed by atoms with Crippen LogP contribution in [0.3, 0.4) is 0 Å². The van der Waals surface area contributed by atoms with E-state index in [1.54, 1.807) is 11.8 Å². The van der Waals surface area contributed by atoms with Gasteiger partial charge in [-0.3, -0.25) is 14.5 Å². The van der Waals surface area contributed by atoms with Crippen molar-refractivity contribution in [2.24, 2.45) is 0 Å². The van der Waals surface area contributed by atoms with Gasteiger partial charge in [-0.2, -0.15) is 0 Å². The largest absolute Gasteiger partial charge is 0.338 e. The van der Waals surface area contributed by atoms with Crippen LogP contribution < -0.4 is 0 Å². The first-order chi connectivity index (χ1) is 17.1. The molecule has 3 aromatic rings. The lowest BCUT2D eigenvalue weighted by atomic mass is 9.90. The third kappa shape index (κ3) is 5.47. The van der Waals surface area contributed by atoms with Crippen molar-refractivity contribution in [2.45, 2.75) is 24.3 Å². The molecule has 0 aliphatic carbocycles. The van der Waals surface area contributed by atoms with Crippen molar-refractivity contribution in [1.29, 1.82) is 0 Å². The van der Waals surface area contributed by atoms with Gasteiger partial charge in [-0.1, -0.05) is 42.5 Å². The Bertz CT molecular complexity index is 1170. The average Bonchev–Trinajstić information content (AvgIpc) is 3.37. The normalized spacial score (nSPS) is 18.4. The molecular weight excluding hydrogens is 474 g/mol. The minimum absolute atomic E-state index is 0.119. The maximum atomic E-state index is 13.3. The van der Waals surface area contributed by atoms with Gasteiger partial charge in [0.1, 0.15) is 0 Å². The first-order valence-corrected chi connectivity index (χ1v) is 14.1. The van der Waals surface area contributed by atoms with Crippen molar-refractivity contribution < 1.29 is 9.59 Å². The number of rotatable bonds is 6. The molecule has 1 fully saturated rings. The number of piperazine rings is 1. The van der Waals surface area contributed by atoms with E-state index in [2.05, 4.69) is 47.5 Å². The summed E-state index contributed by atoms with van der Waals surface area (Å²) in [5, 5.41) is 2.17. The molecular formula is C28H31N3O2S2. The van der Waals surface area contributed by atoms with E-state index in [1.165, 1.54) is 21.6 Å². The third-order valence-electron chi connectivity index (χ3n) is 6.98. The first-order valence-electron chi connectivity index (χ1n) is 12.2. The summed E-state index contributed by atoms with van der Waals surface area (Å²) in [5.41, 5.74) is 3.88. The highest BCUT2D eigenvalue weighted by Crippen LogP contribution is 2.38. The number of hydrogen-bond donors (Lipinski definition) is 0. The van der Waals surface area contributed by atoms with Gasteiger partial charge in [0.05, 0.1) is 18.3 Å². The molecule has 1 aromatic heterocycles. The van der Waals surface area contributed by atoms with Gasteiger partial charge in [-0.25, -0.2) is 0 Å². The molecule has 0 N–H and O–H groups in total. The Morgan fingerprint density at radius 1 is 0.857 bits per heavy atom. The van der Waals surface area contributed by atoms with Crippen molar-refractivity contribution in [3.05, 3.63) is 87.6 Å². The number of amides is 2. The van der Waals surface area contributed by atoms with Crippen LogP contribution in [0.15, 0.2) is 70.9 Å². The first kappa shape index (κ1) is 24.1. The van der Waals surface area contributed by atoms with Crippen LogP contribution in [0, 0.1) is 6.92 Å². The van der Waals surface area contributed by atoms with Crippen molar-refractivity contribution in [3.63, 3.8) is 0 Å². The number of fused-ring (bicyclic) bond motifs is 1. The van der Waals surface area contributed by atoms with E-state index in [9.17, 15) is 9.59 Å². The van der Waals surface area contributed by atoms with Crippen LogP contribution >= 0.6 is 23.1 Å². The highest BCUT2D eigenvalue weighted by molar-refractivity contribution is 8.00. The molecule has 182 valence electrons. The van der Waals surface area contributed by atoms with Crippen LogP contribution in [0.25, 0.3) is 0 Å². The van der Waals surface area contributed by atoms with Crippen LogP contribution in [0.5, 0.6) is 0 Å². The standard InChI is InChI=1S/C28H31N3O2S2/c1-21-7-5-6-10-23(21)28-24-12-18-34-25(24)11-13-31(28)19-26(32)29-14-16-30(17-15-29)27(33)20-35-22-8-3-2-4-9-22/h2-10,12,18,28H,11,13-17,19-20H2,1H3. The zero-order chi connectivity index (χ0) is 24.2. The monoisotopic (exact) mass is 505 g/mol. The van der Waals surface area contributed by atoms with Crippen LogP contribution in [0.1, 0.15) is 27.6 Å². The summed E-state index contributed by atoms with van der Waals surface area (Å²) < 4.78 is 0. The molecule has 2 amide bonds. The topological polar surface area (TPSA) is 43.9 Å². The molecule has 2 aliphatic rings.